The molecule has 1 aliphatic heterocycles. The van der Waals surface area contributed by atoms with Crippen LogP contribution in [0, 0.1) is 0 Å². The highest BCUT2D eigenvalue weighted by Gasteiger charge is 2.23. The fourth-order valence-electron chi connectivity index (χ4n) is 2.52. The third kappa shape index (κ3) is 3.01. The van der Waals surface area contributed by atoms with Crippen molar-refractivity contribution in [3.8, 4) is 11.5 Å². The van der Waals surface area contributed by atoms with Gasteiger partial charge in [0.2, 0.25) is 0 Å². The van der Waals surface area contributed by atoms with E-state index in [9.17, 15) is 5.11 Å². The lowest BCUT2D eigenvalue weighted by atomic mass is 10.0. The number of fused-ring (bicyclic) bond motifs is 1. The van der Waals surface area contributed by atoms with E-state index in [0.717, 1.165) is 30.2 Å². The number of aliphatic hydroxyl groups is 1. The van der Waals surface area contributed by atoms with E-state index in [2.05, 4.69) is 25.7 Å². The number of hydrogen-bond acceptors (Lipinski definition) is 4. The molecule has 1 aliphatic rings. The van der Waals surface area contributed by atoms with Crippen LogP contribution >= 0.6 is 0 Å². The summed E-state index contributed by atoms with van der Waals surface area (Å²) in [6, 6.07) is 5.76. The fraction of sp³-hybridized carbons (Fsp3) is 0.600. The van der Waals surface area contributed by atoms with Crippen LogP contribution in [-0.2, 0) is 0 Å². The predicted octanol–water partition coefficient (Wildman–Crippen LogP) is 2.22. The number of aliphatic hydroxyl groups excluding tert-OH is 1. The molecule has 0 aromatic heterocycles. The van der Waals surface area contributed by atoms with Crippen LogP contribution in [0.2, 0.25) is 0 Å². The van der Waals surface area contributed by atoms with Crippen molar-refractivity contribution in [2.75, 3.05) is 26.3 Å². The third-order valence-corrected chi connectivity index (χ3v) is 3.75. The zero-order valence-electron chi connectivity index (χ0n) is 11.9. The molecule has 2 rings (SSSR count). The van der Waals surface area contributed by atoms with Gasteiger partial charge < -0.3 is 14.6 Å². The molecule has 1 heterocycles. The number of benzene rings is 1. The molecular weight excluding hydrogens is 242 g/mol. The molecule has 1 aromatic carbocycles. The molecule has 0 spiro atoms. The predicted molar refractivity (Wildman–Crippen MR) is 74.8 cm³/mol. The highest BCUT2D eigenvalue weighted by atomic mass is 16.6. The second-order valence-electron chi connectivity index (χ2n) is 4.81. The summed E-state index contributed by atoms with van der Waals surface area (Å²) in [4.78, 5) is 2.24. The highest BCUT2D eigenvalue weighted by Crippen LogP contribution is 2.33. The van der Waals surface area contributed by atoms with Gasteiger partial charge in [-0.25, -0.2) is 0 Å². The molecule has 2 unspecified atom stereocenters. The fourth-order valence-corrected chi connectivity index (χ4v) is 2.52. The minimum absolute atomic E-state index is 0.0811. The van der Waals surface area contributed by atoms with E-state index in [-0.39, 0.29) is 6.04 Å². The second-order valence-corrected chi connectivity index (χ2v) is 4.81. The van der Waals surface area contributed by atoms with Crippen molar-refractivity contribution >= 4 is 0 Å². The summed E-state index contributed by atoms with van der Waals surface area (Å²) in [6.45, 7) is 9.28. The Bertz CT molecular complexity index is 418. The van der Waals surface area contributed by atoms with Crippen molar-refractivity contribution in [2.24, 2.45) is 0 Å². The average Bonchev–Trinajstić information content (AvgIpc) is 2.47. The largest absolute Gasteiger partial charge is 0.486 e. The zero-order chi connectivity index (χ0) is 13.8. The first-order valence-corrected chi connectivity index (χ1v) is 6.99. The summed E-state index contributed by atoms with van der Waals surface area (Å²) in [5, 5.41) is 10.5. The van der Waals surface area contributed by atoms with Crippen molar-refractivity contribution in [1.82, 2.24) is 4.90 Å². The summed E-state index contributed by atoms with van der Waals surface area (Å²) in [6.07, 6.45) is -0.518. The first-order valence-electron chi connectivity index (χ1n) is 6.99. The summed E-state index contributed by atoms with van der Waals surface area (Å²) >= 11 is 0. The monoisotopic (exact) mass is 265 g/mol. The van der Waals surface area contributed by atoms with E-state index in [4.69, 9.17) is 9.47 Å². The first-order chi connectivity index (χ1) is 9.17. The van der Waals surface area contributed by atoms with Crippen LogP contribution in [0.5, 0.6) is 11.5 Å². The molecular formula is C15H23NO3. The van der Waals surface area contributed by atoms with Gasteiger partial charge in [-0.15, -0.1) is 0 Å². The van der Waals surface area contributed by atoms with Crippen LogP contribution < -0.4 is 9.47 Å². The molecule has 0 aliphatic carbocycles. The number of nitrogens with zero attached hydrogens (tertiary/aromatic N) is 1. The minimum atomic E-state index is -0.518. The standard InChI is InChI=1S/C15H23NO3/c1-4-16(5-2)11(3)15(17)12-6-7-13-14(10-12)19-9-8-18-13/h6-7,10-11,15,17H,4-5,8-9H2,1-3H3. The molecule has 0 bridgehead atoms. The summed E-state index contributed by atoms with van der Waals surface area (Å²) < 4.78 is 11.0. The Balaban J connectivity index is 2.16. The van der Waals surface area contributed by atoms with Gasteiger partial charge in [0, 0.05) is 6.04 Å². The number of hydrogen-bond donors (Lipinski definition) is 1. The molecule has 1 N–H and O–H groups in total. The summed E-state index contributed by atoms with van der Waals surface area (Å²) in [7, 11) is 0. The molecule has 0 saturated carbocycles. The van der Waals surface area contributed by atoms with Gasteiger partial charge in [-0.1, -0.05) is 19.9 Å². The van der Waals surface area contributed by atoms with Gasteiger partial charge in [0.1, 0.15) is 13.2 Å². The van der Waals surface area contributed by atoms with Crippen LogP contribution in [0.4, 0.5) is 0 Å². The van der Waals surface area contributed by atoms with Crippen molar-refractivity contribution in [2.45, 2.75) is 32.9 Å². The number of rotatable bonds is 5. The Morgan fingerprint density at radius 3 is 2.42 bits per heavy atom. The summed E-state index contributed by atoms with van der Waals surface area (Å²) in [5.41, 5.74) is 0.878. The van der Waals surface area contributed by atoms with Crippen molar-refractivity contribution in [1.29, 1.82) is 0 Å². The normalized spacial score (nSPS) is 17.3. The Morgan fingerprint density at radius 1 is 1.16 bits per heavy atom. The van der Waals surface area contributed by atoms with Crippen LogP contribution in [-0.4, -0.2) is 42.4 Å². The van der Waals surface area contributed by atoms with Crippen LogP contribution in [0.3, 0.4) is 0 Å². The Labute approximate surface area is 114 Å². The van der Waals surface area contributed by atoms with Gasteiger partial charge >= 0.3 is 0 Å². The Morgan fingerprint density at radius 2 is 1.79 bits per heavy atom. The van der Waals surface area contributed by atoms with E-state index in [0.29, 0.717) is 13.2 Å². The molecule has 0 amide bonds. The molecule has 2 atom stereocenters. The molecule has 0 radical (unpaired) electrons. The molecule has 4 nitrogen and oxygen atoms in total. The molecule has 4 heteroatoms. The van der Waals surface area contributed by atoms with E-state index in [1.807, 2.05) is 18.2 Å². The van der Waals surface area contributed by atoms with Gasteiger partial charge in [0.05, 0.1) is 6.10 Å². The maximum absolute atomic E-state index is 10.5. The molecule has 19 heavy (non-hydrogen) atoms. The molecule has 1 aromatic rings. The molecule has 0 saturated heterocycles. The third-order valence-electron chi connectivity index (χ3n) is 3.75. The van der Waals surface area contributed by atoms with Crippen LogP contribution in [0.25, 0.3) is 0 Å². The van der Waals surface area contributed by atoms with Gasteiger partial charge in [0.25, 0.3) is 0 Å². The first kappa shape index (κ1) is 14.2. The SMILES string of the molecule is CCN(CC)C(C)C(O)c1ccc2c(c1)OCCO2. The average molecular weight is 265 g/mol. The Hall–Kier alpha value is -1.26. The molecule has 106 valence electrons. The number of ether oxygens (including phenoxy) is 2. The lowest BCUT2D eigenvalue weighted by molar-refractivity contribution is 0.0633. The zero-order valence-corrected chi connectivity index (χ0v) is 11.9. The maximum atomic E-state index is 10.5. The highest BCUT2D eigenvalue weighted by molar-refractivity contribution is 5.44. The van der Waals surface area contributed by atoms with Crippen LogP contribution in [0.15, 0.2) is 18.2 Å². The Kier molecular flexibility index (Phi) is 4.66. The van der Waals surface area contributed by atoms with Gasteiger partial charge in [-0.05, 0) is 37.7 Å². The van der Waals surface area contributed by atoms with Crippen LogP contribution in [0.1, 0.15) is 32.4 Å². The lowest BCUT2D eigenvalue weighted by Gasteiger charge is -2.31. The second kappa shape index (κ2) is 6.26. The lowest BCUT2D eigenvalue weighted by Crippen LogP contribution is -2.37. The van der Waals surface area contributed by atoms with Crippen molar-refractivity contribution in [3.05, 3.63) is 23.8 Å². The van der Waals surface area contributed by atoms with Gasteiger partial charge in [-0.3, -0.25) is 4.90 Å². The van der Waals surface area contributed by atoms with E-state index >= 15 is 0 Å². The summed E-state index contributed by atoms with van der Waals surface area (Å²) in [5.74, 6) is 1.49. The maximum Gasteiger partial charge on any atom is 0.161 e. The molecule has 0 fully saturated rings. The smallest absolute Gasteiger partial charge is 0.161 e. The minimum Gasteiger partial charge on any atom is -0.486 e. The number of likely N-dealkylation sites (N-methyl/N-ethyl adjacent to an activating group) is 1. The van der Waals surface area contributed by atoms with Crippen molar-refractivity contribution in [3.63, 3.8) is 0 Å². The quantitative estimate of drug-likeness (QED) is 0.886. The van der Waals surface area contributed by atoms with Gasteiger partial charge in [0.15, 0.2) is 11.5 Å². The van der Waals surface area contributed by atoms with E-state index in [1.54, 1.807) is 0 Å². The van der Waals surface area contributed by atoms with Gasteiger partial charge in [-0.2, -0.15) is 0 Å². The topological polar surface area (TPSA) is 41.9 Å². The van der Waals surface area contributed by atoms with E-state index in [1.165, 1.54) is 0 Å². The van der Waals surface area contributed by atoms with Crippen molar-refractivity contribution < 1.29 is 14.6 Å². The van der Waals surface area contributed by atoms with E-state index < -0.39 is 6.10 Å².